The van der Waals surface area contributed by atoms with E-state index in [0.29, 0.717) is 0 Å². The van der Waals surface area contributed by atoms with Crippen molar-refractivity contribution in [3.63, 3.8) is 0 Å². The summed E-state index contributed by atoms with van der Waals surface area (Å²) in [6.45, 7) is 3.64. The Morgan fingerprint density at radius 2 is 1.58 bits per heavy atom. The van der Waals surface area contributed by atoms with E-state index in [0.717, 1.165) is 6.92 Å². The highest BCUT2D eigenvalue weighted by molar-refractivity contribution is 5.93. The van der Waals surface area contributed by atoms with Gasteiger partial charge in [-0.25, -0.2) is 0 Å². The fourth-order valence-electron chi connectivity index (χ4n) is 1.74. The predicted octanol–water partition coefficient (Wildman–Crippen LogP) is -1.35. The molecule has 2 atom stereocenters. The zero-order valence-electron chi connectivity index (χ0n) is 13.8. The van der Waals surface area contributed by atoms with Gasteiger partial charge < -0.3 is 25.3 Å². The van der Waals surface area contributed by atoms with Gasteiger partial charge in [0, 0.05) is 6.92 Å². The lowest BCUT2D eigenvalue weighted by Crippen LogP contribution is -2.53. The van der Waals surface area contributed by atoms with Crippen LogP contribution in [0.3, 0.4) is 0 Å². The van der Waals surface area contributed by atoms with Crippen molar-refractivity contribution in [1.82, 2.24) is 5.32 Å². The third-order valence-corrected chi connectivity index (χ3v) is 2.71. The van der Waals surface area contributed by atoms with E-state index in [4.69, 9.17) is 15.2 Å². The third-order valence-electron chi connectivity index (χ3n) is 2.71. The van der Waals surface area contributed by atoms with E-state index in [1.54, 1.807) is 6.92 Å². The molecule has 0 saturated heterocycles. The average Bonchev–Trinajstić information content (AvgIpc) is 2.48. The van der Waals surface area contributed by atoms with Crippen molar-refractivity contribution in [2.24, 2.45) is 11.7 Å². The molecule has 0 bridgehead atoms. The number of ether oxygens (including phenoxy) is 3. The molecule has 0 aromatic heterocycles. The lowest BCUT2D eigenvalue weighted by molar-refractivity contribution is -0.157. The van der Waals surface area contributed by atoms with E-state index in [9.17, 15) is 24.0 Å². The standard InChI is InChI=1S/C14H22N2O8/c1-4-22-11(19)6-9(14(21)23-5-2)12(13(15)20)16-10(18)7-24-8(3)17/h9,12H,4-7H2,1-3H3,(H2,15,20)(H,16,18)/t9-,12-/m1/s1. The molecule has 2 amide bonds. The number of primary amides is 1. The Hall–Kier alpha value is -2.65. The number of esters is 3. The molecule has 0 spiro atoms. The number of rotatable bonds is 10. The van der Waals surface area contributed by atoms with Crippen molar-refractivity contribution in [3.05, 3.63) is 0 Å². The van der Waals surface area contributed by atoms with Crippen LogP contribution in [-0.2, 0) is 38.2 Å². The summed E-state index contributed by atoms with van der Waals surface area (Å²) in [5.74, 6) is -5.60. The van der Waals surface area contributed by atoms with Gasteiger partial charge in [0.05, 0.1) is 25.6 Å². The van der Waals surface area contributed by atoms with Crippen LogP contribution in [-0.4, -0.2) is 55.6 Å². The first-order chi connectivity index (χ1) is 11.2. The topological polar surface area (TPSA) is 151 Å². The van der Waals surface area contributed by atoms with Crippen molar-refractivity contribution in [2.75, 3.05) is 19.8 Å². The number of hydrogen-bond donors (Lipinski definition) is 2. The fraction of sp³-hybridized carbons (Fsp3) is 0.643. The third kappa shape index (κ3) is 8.11. The molecule has 0 unspecified atom stereocenters. The monoisotopic (exact) mass is 346 g/mol. The molecule has 0 heterocycles. The first kappa shape index (κ1) is 21.4. The summed E-state index contributed by atoms with van der Waals surface area (Å²) >= 11 is 0. The van der Waals surface area contributed by atoms with Crippen molar-refractivity contribution in [2.45, 2.75) is 33.2 Å². The fourth-order valence-corrected chi connectivity index (χ4v) is 1.74. The molecule has 24 heavy (non-hydrogen) atoms. The van der Waals surface area contributed by atoms with Gasteiger partial charge in [-0.1, -0.05) is 0 Å². The van der Waals surface area contributed by atoms with Crippen molar-refractivity contribution in [3.8, 4) is 0 Å². The summed E-state index contributed by atoms with van der Waals surface area (Å²) in [4.78, 5) is 57.6. The molecule has 0 saturated carbocycles. The van der Waals surface area contributed by atoms with Gasteiger partial charge in [0.2, 0.25) is 5.91 Å². The maximum absolute atomic E-state index is 12.0. The van der Waals surface area contributed by atoms with E-state index < -0.39 is 54.7 Å². The molecule has 0 aromatic rings. The van der Waals surface area contributed by atoms with Gasteiger partial charge in [-0.2, -0.15) is 0 Å². The summed E-state index contributed by atoms with van der Waals surface area (Å²) in [6.07, 6.45) is -0.506. The van der Waals surface area contributed by atoms with Gasteiger partial charge in [0.25, 0.3) is 5.91 Å². The largest absolute Gasteiger partial charge is 0.466 e. The van der Waals surface area contributed by atoms with Crippen LogP contribution < -0.4 is 11.1 Å². The number of hydrogen-bond acceptors (Lipinski definition) is 8. The van der Waals surface area contributed by atoms with E-state index >= 15 is 0 Å². The number of carbonyl (C=O) groups excluding carboxylic acids is 5. The van der Waals surface area contributed by atoms with Crippen molar-refractivity contribution >= 4 is 29.7 Å². The second kappa shape index (κ2) is 11.0. The maximum atomic E-state index is 12.0. The van der Waals surface area contributed by atoms with Crippen molar-refractivity contribution < 1.29 is 38.2 Å². The van der Waals surface area contributed by atoms with Crippen molar-refractivity contribution in [1.29, 1.82) is 0 Å². The smallest absolute Gasteiger partial charge is 0.312 e. The van der Waals surface area contributed by atoms with Crippen LogP contribution in [0.15, 0.2) is 0 Å². The number of nitrogens with one attached hydrogen (secondary N) is 1. The lowest BCUT2D eigenvalue weighted by atomic mass is 9.95. The van der Waals surface area contributed by atoms with E-state index in [-0.39, 0.29) is 13.2 Å². The highest BCUT2D eigenvalue weighted by Crippen LogP contribution is 2.13. The zero-order valence-corrected chi connectivity index (χ0v) is 13.8. The molecule has 0 rings (SSSR count). The van der Waals surface area contributed by atoms with Gasteiger partial charge in [0.1, 0.15) is 6.04 Å². The van der Waals surface area contributed by atoms with Crippen LogP contribution in [0.4, 0.5) is 0 Å². The minimum absolute atomic E-state index is 0.00499. The Morgan fingerprint density at radius 3 is 2.04 bits per heavy atom. The number of nitrogens with two attached hydrogens (primary N) is 1. The predicted molar refractivity (Wildman–Crippen MR) is 79.1 cm³/mol. The van der Waals surface area contributed by atoms with Gasteiger partial charge in [-0.05, 0) is 13.8 Å². The Kier molecular flexibility index (Phi) is 9.76. The highest BCUT2D eigenvalue weighted by atomic mass is 16.5. The molecule has 0 radical (unpaired) electrons. The Morgan fingerprint density at radius 1 is 1.00 bits per heavy atom. The van der Waals surface area contributed by atoms with Gasteiger partial charge in [-0.3, -0.25) is 24.0 Å². The molecule has 10 nitrogen and oxygen atoms in total. The molecule has 0 aliphatic rings. The van der Waals surface area contributed by atoms with Crippen LogP contribution >= 0.6 is 0 Å². The summed E-state index contributed by atoms with van der Waals surface area (Å²) < 4.78 is 14.0. The molecule has 10 heteroatoms. The van der Waals surface area contributed by atoms with E-state index in [2.05, 4.69) is 10.1 Å². The minimum Gasteiger partial charge on any atom is -0.466 e. The van der Waals surface area contributed by atoms with E-state index in [1.807, 2.05) is 0 Å². The number of amides is 2. The molecule has 0 aromatic carbocycles. The van der Waals surface area contributed by atoms with E-state index in [1.165, 1.54) is 6.92 Å². The summed E-state index contributed by atoms with van der Waals surface area (Å²) in [7, 11) is 0. The highest BCUT2D eigenvalue weighted by Gasteiger charge is 2.37. The number of carbonyl (C=O) groups is 5. The first-order valence-electron chi connectivity index (χ1n) is 7.27. The summed E-state index contributed by atoms with van der Waals surface area (Å²) in [5, 5.41) is 2.16. The zero-order chi connectivity index (χ0) is 18.7. The second-order valence-electron chi connectivity index (χ2n) is 4.60. The minimum atomic E-state index is -1.52. The molecular formula is C14H22N2O8. The molecule has 3 N–H and O–H groups in total. The normalized spacial score (nSPS) is 12.5. The maximum Gasteiger partial charge on any atom is 0.312 e. The van der Waals surface area contributed by atoms with Crippen LogP contribution in [0, 0.1) is 5.92 Å². The average molecular weight is 346 g/mol. The van der Waals surface area contributed by atoms with Gasteiger partial charge in [-0.15, -0.1) is 0 Å². The van der Waals surface area contributed by atoms with Gasteiger partial charge in [0.15, 0.2) is 6.61 Å². The van der Waals surface area contributed by atoms with Crippen LogP contribution in [0.2, 0.25) is 0 Å². The van der Waals surface area contributed by atoms with Crippen LogP contribution in [0.1, 0.15) is 27.2 Å². The summed E-state index contributed by atoms with van der Waals surface area (Å²) in [6, 6.07) is -1.52. The SMILES string of the molecule is CCOC(=O)C[C@@H](C(=O)OCC)[C@@H](NC(=O)COC(C)=O)C(N)=O. The second-order valence-corrected chi connectivity index (χ2v) is 4.60. The lowest BCUT2D eigenvalue weighted by Gasteiger charge is -2.23. The molecule has 0 aliphatic carbocycles. The van der Waals surface area contributed by atoms with Crippen LogP contribution in [0.5, 0.6) is 0 Å². The Labute approximate surface area is 139 Å². The Balaban J connectivity index is 5.18. The molecule has 0 aliphatic heterocycles. The quantitative estimate of drug-likeness (QED) is 0.364. The van der Waals surface area contributed by atoms with Gasteiger partial charge >= 0.3 is 17.9 Å². The molecule has 136 valence electrons. The Bertz CT molecular complexity index is 491. The first-order valence-corrected chi connectivity index (χ1v) is 7.27. The molecular weight excluding hydrogens is 324 g/mol. The molecule has 0 fully saturated rings. The van der Waals surface area contributed by atoms with Crippen LogP contribution in [0.25, 0.3) is 0 Å². The summed E-state index contributed by atoms with van der Waals surface area (Å²) in [5.41, 5.74) is 5.20.